The van der Waals surface area contributed by atoms with Crippen LogP contribution in [-0.4, -0.2) is 35.2 Å². The first kappa shape index (κ1) is 24.7. The van der Waals surface area contributed by atoms with Crippen molar-refractivity contribution in [3.05, 3.63) is 66.5 Å². The van der Waals surface area contributed by atoms with E-state index in [1.54, 1.807) is 37.3 Å². The highest BCUT2D eigenvalue weighted by Gasteiger charge is 2.36. The lowest BCUT2D eigenvalue weighted by molar-refractivity contribution is -0.145. The molecule has 3 rings (SSSR count). The van der Waals surface area contributed by atoms with Crippen molar-refractivity contribution in [2.75, 3.05) is 13.2 Å². The highest BCUT2D eigenvalue weighted by Crippen LogP contribution is 2.38. The molecule has 6 nitrogen and oxygen atoms in total. The molecule has 0 spiro atoms. The molecular weight excluding hydrogens is 520 g/mol. The number of hydrogen-bond acceptors (Lipinski definition) is 6. The van der Waals surface area contributed by atoms with Gasteiger partial charge in [-0.2, -0.15) is 0 Å². The number of hydrogen-bond donors (Lipinski definition) is 0. The van der Waals surface area contributed by atoms with Crippen LogP contribution in [0.25, 0.3) is 6.08 Å². The van der Waals surface area contributed by atoms with Gasteiger partial charge in [-0.05, 0) is 60.2 Å². The minimum atomic E-state index is -0.661. The van der Waals surface area contributed by atoms with Gasteiger partial charge in [-0.3, -0.25) is 19.3 Å². The summed E-state index contributed by atoms with van der Waals surface area (Å²) < 4.78 is 10.5. The number of ether oxygens (including phenoxy) is 2. The first-order valence-corrected chi connectivity index (χ1v) is 11.5. The Labute approximate surface area is 208 Å². The maximum absolute atomic E-state index is 12.5. The third kappa shape index (κ3) is 5.91. The summed E-state index contributed by atoms with van der Waals surface area (Å²) in [5.41, 5.74) is 1.26. The fraction of sp³-hybridized carbons (Fsp3) is 0.190. The van der Waals surface area contributed by atoms with E-state index in [-0.39, 0.29) is 33.9 Å². The maximum atomic E-state index is 12.5. The number of thioether (sulfide) groups is 1. The second-order valence-electron chi connectivity index (χ2n) is 6.42. The standard InChI is InChI=1S/C21H15Cl4NO5S/c1-2-30-18(27)9-26-20(28)17(32-21(26)29)8-12-6-15(24)19(16(25)7-12)31-10-11-3-4-13(22)14(23)5-11/h3-8H,2,9-10H2,1H3/b17-8+. The van der Waals surface area contributed by atoms with E-state index in [2.05, 4.69) is 0 Å². The van der Waals surface area contributed by atoms with Crippen LogP contribution in [0.4, 0.5) is 4.79 Å². The average molecular weight is 535 g/mol. The van der Waals surface area contributed by atoms with Crippen molar-refractivity contribution in [3.8, 4) is 5.75 Å². The molecule has 0 atom stereocenters. The number of imide groups is 1. The van der Waals surface area contributed by atoms with E-state index in [1.165, 1.54) is 6.08 Å². The number of amides is 2. The number of halogens is 4. The first-order chi connectivity index (χ1) is 15.2. The van der Waals surface area contributed by atoms with Gasteiger partial charge in [0, 0.05) is 0 Å². The van der Waals surface area contributed by atoms with Gasteiger partial charge in [0.2, 0.25) is 0 Å². The lowest BCUT2D eigenvalue weighted by atomic mass is 10.2. The number of esters is 1. The fourth-order valence-electron chi connectivity index (χ4n) is 2.71. The van der Waals surface area contributed by atoms with E-state index >= 15 is 0 Å². The number of rotatable bonds is 7. The molecule has 1 aliphatic heterocycles. The zero-order chi connectivity index (χ0) is 23.4. The third-order valence-electron chi connectivity index (χ3n) is 4.15. The molecule has 0 unspecified atom stereocenters. The van der Waals surface area contributed by atoms with E-state index in [0.29, 0.717) is 27.4 Å². The van der Waals surface area contributed by atoms with Crippen LogP contribution in [0.2, 0.25) is 20.1 Å². The molecule has 1 fully saturated rings. The fourth-order valence-corrected chi connectivity index (χ4v) is 4.48. The molecule has 2 amide bonds. The highest BCUT2D eigenvalue weighted by molar-refractivity contribution is 8.18. The molecule has 11 heteroatoms. The summed E-state index contributed by atoms with van der Waals surface area (Å²) in [6.45, 7) is 1.50. The Morgan fingerprint density at radius 1 is 1.03 bits per heavy atom. The monoisotopic (exact) mass is 533 g/mol. The van der Waals surface area contributed by atoms with E-state index in [4.69, 9.17) is 55.9 Å². The van der Waals surface area contributed by atoms with Crippen LogP contribution >= 0.6 is 58.2 Å². The van der Waals surface area contributed by atoms with Gasteiger partial charge >= 0.3 is 5.97 Å². The molecule has 0 saturated carbocycles. The third-order valence-corrected chi connectivity index (χ3v) is 6.36. The number of nitrogens with zero attached hydrogens (tertiary/aromatic N) is 1. The molecule has 0 aliphatic carbocycles. The molecular formula is C21H15Cl4NO5S. The Bertz CT molecular complexity index is 1100. The molecule has 168 valence electrons. The topological polar surface area (TPSA) is 72.9 Å². The van der Waals surface area contributed by atoms with Gasteiger partial charge in [0.25, 0.3) is 11.1 Å². The quantitative estimate of drug-likeness (QED) is 0.299. The van der Waals surface area contributed by atoms with Crippen molar-refractivity contribution in [1.29, 1.82) is 0 Å². The van der Waals surface area contributed by atoms with Crippen molar-refractivity contribution in [3.63, 3.8) is 0 Å². The Morgan fingerprint density at radius 2 is 1.72 bits per heavy atom. The molecule has 32 heavy (non-hydrogen) atoms. The molecule has 2 aromatic rings. The van der Waals surface area contributed by atoms with Gasteiger partial charge in [0.05, 0.1) is 31.6 Å². The summed E-state index contributed by atoms with van der Waals surface area (Å²) in [5.74, 6) is -1.00. The van der Waals surface area contributed by atoms with Gasteiger partial charge < -0.3 is 9.47 Å². The molecule has 0 N–H and O–H groups in total. The second kappa shape index (κ2) is 10.8. The van der Waals surface area contributed by atoms with Crippen molar-refractivity contribution >= 4 is 81.4 Å². The van der Waals surface area contributed by atoms with Crippen LogP contribution in [0.15, 0.2) is 35.2 Å². The van der Waals surface area contributed by atoms with Gasteiger partial charge in [-0.15, -0.1) is 0 Å². The molecule has 1 saturated heterocycles. The smallest absolute Gasteiger partial charge is 0.326 e. The molecule has 1 aliphatic rings. The van der Waals surface area contributed by atoms with E-state index < -0.39 is 23.7 Å². The number of benzene rings is 2. The molecule has 1 heterocycles. The van der Waals surface area contributed by atoms with E-state index in [1.807, 2.05) is 0 Å². The molecule has 2 aromatic carbocycles. The molecule has 0 radical (unpaired) electrons. The van der Waals surface area contributed by atoms with Crippen LogP contribution in [0.5, 0.6) is 5.75 Å². The first-order valence-electron chi connectivity index (χ1n) is 9.16. The predicted molar refractivity (Wildman–Crippen MR) is 127 cm³/mol. The summed E-state index contributed by atoms with van der Waals surface area (Å²) >= 11 is 25.3. The zero-order valence-corrected chi connectivity index (χ0v) is 20.3. The van der Waals surface area contributed by atoms with Crippen LogP contribution in [0, 0.1) is 0 Å². The highest BCUT2D eigenvalue weighted by atomic mass is 35.5. The lowest BCUT2D eigenvalue weighted by Crippen LogP contribution is -2.34. The van der Waals surface area contributed by atoms with Crippen LogP contribution < -0.4 is 4.74 Å². The summed E-state index contributed by atoms with van der Waals surface area (Å²) in [4.78, 5) is 37.2. The van der Waals surface area contributed by atoms with Crippen LogP contribution in [0.3, 0.4) is 0 Å². The minimum Gasteiger partial charge on any atom is -0.486 e. The van der Waals surface area contributed by atoms with Gasteiger partial charge in [0.15, 0.2) is 5.75 Å². The van der Waals surface area contributed by atoms with E-state index in [0.717, 1.165) is 10.5 Å². The van der Waals surface area contributed by atoms with Crippen LogP contribution in [0.1, 0.15) is 18.1 Å². The summed E-state index contributed by atoms with van der Waals surface area (Å²) in [6.07, 6.45) is 1.47. The minimum absolute atomic E-state index is 0.135. The van der Waals surface area contributed by atoms with Crippen molar-refractivity contribution in [2.45, 2.75) is 13.5 Å². The average Bonchev–Trinajstić information content (AvgIpc) is 2.97. The molecule has 0 aromatic heterocycles. The zero-order valence-electron chi connectivity index (χ0n) is 16.5. The number of carbonyl (C=O) groups excluding carboxylic acids is 3. The summed E-state index contributed by atoms with van der Waals surface area (Å²) in [7, 11) is 0. The largest absolute Gasteiger partial charge is 0.486 e. The Morgan fingerprint density at radius 3 is 2.34 bits per heavy atom. The Kier molecular flexibility index (Phi) is 8.36. The Balaban J connectivity index is 1.75. The Hall–Kier alpha value is -1.90. The summed E-state index contributed by atoms with van der Waals surface area (Å²) in [5, 5.41) is 0.705. The van der Waals surface area contributed by atoms with E-state index in [9.17, 15) is 14.4 Å². The van der Waals surface area contributed by atoms with Gasteiger partial charge in [-0.25, -0.2) is 0 Å². The van der Waals surface area contributed by atoms with Crippen LogP contribution in [-0.2, 0) is 20.9 Å². The predicted octanol–water partition coefficient (Wildman–Crippen LogP) is 6.48. The van der Waals surface area contributed by atoms with Crippen molar-refractivity contribution in [1.82, 2.24) is 4.90 Å². The van der Waals surface area contributed by atoms with Crippen molar-refractivity contribution < 1.29 is 23.9 Å². The van der Waals surface area contributed by atoms with Gasteiger partial charge in [0.1, 0.15) is 13.2 Å². The SMILES string of the molecule is CCOC(=O)CN1C(=O)S/C(=C/c2cc(Cl)c(OCc3ccc(Cl)c(Cl)c3)c(Cl)c2)C1=O. The summed E-state index contributed by atoms with van der Waals surface area (Å²) in [6, 6.07) is 8.20. The number of carbonyl (C=O) groups is 3. The second-order valence-corrected chi connectivity index (χ2v) is 9.05. The lowest BCUT2D eigenvalue weighted by Gasteiger charge is -2.12. The maximum Gasteiger partial charge on any atom is 0.326 e. The van der Waals surface area contributed by atoms with Crippen molar-refractivity contribution in [2.24, 2.45) is 0 Å². The molecule has 0 bridgehead atoms. The van der Waals surface area contributed by atoms with Gasteiger partial charge in [-0.1, -0.05) is 52.5 Å². The normalized spacial score (nSPS) is 14.9.